The topological polar surface area (TPSA) is 79.2 Å². The summed E-state index contributed by atoms with van der Waals surface area (Å²) in [4.78, 5) is 15.7. The lowest BCUT2D eigenvalue weighted by molar-refractivity contribution is -0.272. The number of nitrogens with one attached hydrogen (secondary N) is 2. The van der Waals surface area contributed by atoms with Gasteiger partial charge in [0.15, 0.2) is 0 Å². The summed E-state index contributed by atoms with van der Waals surface area (Å²) < 4.78 is 41.1. The van der Waals surface area contributed by atoms with Crippen LogP contribution in [0.15, 0.2) is 12.4 Å². The van der Waals surface area contributed by atoms with E-state index in [1.807, 2.05) is 0 Å². The highest BCUT2D eigenvalue weighted by Crippen LogP contribution is 2.40. The molecule has 1 aromatic rings. The van der Waals surface area contributed by atoms with Crippen LogP contribution < -0.4 is 10.6 Å². The molecule has 1 fully saturated rings. The number of alkyl halides is 3. The first kappa shape index (κ1) is 20.7. The molecule has 1 amide bonds. The Kier molecular flexibility index (Phi) is 6.29. The molecule has 2 atom stereocenters. The SMILES string of the molecule is Cl.Cn1ccnc1C(O)(CCNC(=O)C1(C)CCNC1)C(F)(F)F. The number of imidazole rings is 1. The number of rotatable bonds is 5. The Balaban J connectivity index is 0.00000288. The minimum atomic E-state index is -4.89. The summed E-state index contributed by atoms with van der Waals surface area (Å²) in [5.41, 5.74) is -3.73. The molecular formula is C14H22ClF3N4O2. The molecule has 2 unspecified atom stereocenters. The summed E-state index contributed by atoms with van der Waals surface area (Å²) in [7, 11) is 1.38. The van der Waals surface area contributed by atoms with Gasteiger partial charge in [0.1, 0.15) is 5.82 Å². The average Bonchev–Trinajstić information content (AvgIpc) is 3.07. The van der Waals surface area contributed by atoms with Gasteiger partial charge in [-0.3, -0.25) is 4.79 Å². The Morgan fingerprint density at radius 2 is 2.21 bits per heavy atom. The highest BCUT2D eigenvalue weighted by atomic mass is 35.5. The van der Waals surface area contributed by atoms with Gasteiger partial charge in [-0.15, -0.1) is 12.4 Å². The van der Waals surface area contributed by atoms with Crippen LogP contribution in [0.5, 0.6) is 0 Å². The maximum atomic E-state index is 13.3. The predicted molar refractivity (Wildman–Crippen MR) is 83.6 cm³/mol. The minimum Gasteiger partial charge on any atom is -0.374 e. The van der Waals surface area contributed by atoms with Crippen molar-refractivity contribution >= 4 is 18.3 Å². The number of hydrogen-bond donors (Lipinski definition) is 3. The second-order valence-corrected chi connectivity index (χ2v) is 6.21. The van der Waals surface area contributed by atoms with Crippen molar-refractivity contribution in [2.75, 3.05) is 19.6 Å². The van der Waals surface area contributed by atoms with Crippen LogP contribution in [0, 0.1) is 5.41 Å². The molecule has 3 N–H and O–H groups in total. The molecule has 0 bridgehead atoms. The number of amides is 1. The van der Waals surface area contributed by atoms with Crippen molar-refractivity contribution in [3.63, 3.8) is 0 Å². The zero-order valence-electron chi connectivity index (χ0n) is 13.5. The molecule has 1 aliphatic rings. The van der Waals surface area contributed by atoms with Gasteiger partial charge in [-0.1, -0.05) is 0 Å². The van der Waals surface area contributed by atoms with Gasteiger partial charge in [0.25, 0.3) is 0 Å². The van der Waals surface area contributed by atoms with Crippen LogP contribution in [0.25, 0.3) is 0 Å². The fourth-order valence-electron chi connectivity index (χ4n) is 2.73. The van der Waals surface area contributed by atoms with Gasteiger partial charge in [0.05, 0.1) is 5.41 Å². The Morgan fingerprint density at radius 3 is 2.67 bits per heavy atom. The van der Waals surface area contributed by atoms with Crippen molar-refractivity contribution in [2.24, 2.45) is 12.5 Å². The number of hydrogen-bond acceptors (Lipinski definition) is 4. The van der Waals surface area contributed by atoms with E-state index in [-0.39, 0.29) is 24.9 Å². The largest absolute Gasteiger partial charge is 0.424 e. The molecule has 0 radical (unpaired) electrons. The van der Waals surface area contributed by atoms with Gasteiger partial charge in [-0.05, 0) is 19.9 Å². The molecular weight excluding hydrogens is 349 g/mol. The summed E-state index contributed by atoms with van der Waals surface area (Å²) in [6.07, 6.45) is -2.44. The molecule has 24 heavy (non-hydrogen) atoms. The number of carbonyl (C=O) groups is 1. The first-order chi connectivity index (χ1) is 10.6. The van der Waals surface area contributed by atoms with Crippen molar-refractivity contribution in [3.05, 3.63) is 18.2 Å². The van der Waals surface area contributed by atoms with Crippen LogP contribution in [0.3, 0.4) is 0 Å². The minimum absolute atomic E-state index is 0. The lowest BCUT2D eigenvalue weighted by Gasteiger charge is -2.30. The zero-order chi connectivity index (χ0) is 17.3. The first-order valence-electron chi connectivity index (χ1n) is 7.36. The molecule has 138 valence electrons. The lowest BCUT2D eigenvalue weighted by Crippen LogP contribution is -2.48. The lowest BCUT2D eigenvalue weighted by atomic mass is 9.88. The maximum Gasteiger partial charge on any atom is 0.424 e. The number of aromatic nitrogens is 2. The van der Waals surface area contributed by atoms with Gasteiger partial charge in [0.2, 0.25) is 11.5 Å². The van der Waals surface area contributed by atoms with Crippen LogP contribution in [-0.2, 0) is 17.4 Å². The predicted octanol–water partition coefficient (Wildman–Crippen LogP) is 1.10. The summed E-state index contributed by atoms with van der Waals surface area (Å²) in [5, 5.41) is 15.7. The van der Waals surface area contributed by atoms with Crippen molar-refractivity contribution < 1.29 is 23.1 Å². The molecule has 10 heteroatoms. The van der Waals surface area contributed by atoms with E-state index in [4.69, 9.17) is 0 Å². The fraction of sp³-hybridized carbons (Fsp3) is 0.714. The van der Waals surface area contributed by atoms with Gasteiger partial charge in [0, 0.05) is 39.0 Å². The Labute approximate surface area is 144 Å². The number of aryl methyl sites for hydroxylation is 1. The summed E-state index contributed by atoms with van der Waals surface area (Å²) in [6.45, 7) is 2.65. The first-order valence-corrected chi connectivity index (χ1v) is 7.36. The monoisotopic (exact) mass is 370 g/mol. The molecule has 1 aliphatic heterocycles. The van der Waals surface area contributed by atoms with E-state index >= 15 is 0 Å². The Morgan fingerprint density at radius 1 is 1.54 bits per heavy atom. The van der Waals surface area contributed by atoms with Crippen molar-refractivity contribution in [2.45, 2.75) is 31.5 Å². The third kappa shape index (κ3) is 3.84. The number of halogens is 4. The van der Waals surface area contributed by atoms with E-state index in [0.29, 0.717) is 19.5 Å². The quantitative estimate of drug-likeness (QED) is 0.725. The smallest absolute Gasteiger partial charge is 0.374 e. The highest BCUT2D eigenvalue weighted by molar-refractivity contribution is 5.85. The van der Waals surface area contributed by atoms with Gasteiger partial charge >= 0.3 is 6.18 Å². The zero-order valence-corrected chi connectivity index (χ0v) is 14.3. The van der Waals surface area contributed by atoms with Gasteiger partial charge in [-0.2, -0.15) is 13.2 Å². The molecule has 6 nitrogen and oxygen atoms in total. The maximum absolute atomic E-state index is 13.3. The van der Waals surface area contributed by atoms with Crippen LogP contribution >= 0.6 is 12.4 Å². The number of carbonyl (C=O) groups excluding carboxylic acids is 1. The molecule has 0 aromatic carbocycles. The Bertz CT molecular complexity index is 573. The van der Waals surface area contributed by atoms with Crippen LogP contribution in [0.4, 0.5) is 13.2 Å². The Hall–Kier alpha value is -1.32. The third-order valence-corrected chi connectivity index (χ3v) is 4.35. The third-order valence-electron chi connectivity index (χ3n) is 4.35. The van der Waals surface area contributed by atoms with Crippen molar-refractivity contribution in [1.29, 1.82) is 0 Å². The summed E-state index contributed by atoms with van der Waals surface area (Å²) >= 11 is 0. The van der Waals surface area contributed by atoms with Crippen LogP contribution in [-0.4, -0.2) is 46.4 Å². The summed E-state index contributed by atoms with van der Waals surface area (Å²) in [6, 6.07) is 0. The van der Waals surface area contributed by atoms with Crippen LogP contribution in [0.2, 0.25) is 0 Å². The molecule has 1 saturated heterocycles. The standard InChI is InChI=1S/C14H21F3N4O2.ClH/c1-12(3-5-18-9-12)11(22)20-6-4-13(23,14(15,16)17)10-19-7-8-21(10)2;/h7-8,18,23H,3-6,9H2,1-2H3,(H,20,22);1H. The molecule has 0 saturated carbocycles. The van der Waals surface area contributed by atoms with E-state index in [9.17, 15) is 23.1 Å². The number of aliphatic hydroxyl groups is 1. The normalized spacial score (nSPS) is 23.4. The van der Waals surface area contributed by atoms with E-state index in [0.717, 1.165) is 4.57 Å². The van der Waals surface area contributed by atoms with Crippen molar-refractivity contribution in [3.8, 4) is 0 Å². The second kappa shape index (κ2) is 7.28. The van der Waals surface area contributed by atoms with E-state index < -0.39 is 29.4 Å². The van der Waals surface area contributed by atoms with Crippen molar-refractivity contribution in [1.82, 2.24) is 20.2 Å². The van der Waals surface area contributed by atoms with E-state index in [1.54, 1.807) is 6.92 Å². The number of nitrogens with zero attached hydrogens (tertiary/aromatic N) is 2. The van der Waals surface area contributed by atoms with E-state index in [1.165, 1.54) is 19.4 Å². The second-order valence-electron chi connectivity index (χ2n) is 6.21. The average molecular weight is 371 g/mol. The molecule has 0 aliphatic carbocycles. The van der Waals surface area contributed by atoms with E-state index in [2.05, 4.69) is 15.6 Å². The van der Waals surface area contributed by atoms with Gasteiger partial charge in [-0.25, -0.2) is 4.98 Å². The molecule has 2 rings (SSSR count). The van der Waals surface area contributed by atoms with Crippen LogP contribution in [0.1, 0.15) is 25.6 Å². The molecule has 0 spiro atoms. The fourth-order valence-corrected chi connectivity index (χ4v) is 2.73. The highest BCUT2D eigenvalue weighted by Gasteiger charge is 2.57. The molecule has 2 heterocycles. The van der Waals surface area contributed by atoms with Gasteiger partial charge < -0.3 is 20.3 Å². The summed E-state index contributed by atoms with van der Waals surface area (Å²) in [5.74, 6) is -0.806. The molecule has 1 aromatic heterocycles.